The van der Waals surface area contributed by atoms with Crippen molar-refractivity contribution in [1.82, 2.24) is 15.5 Å². The van der Waals surface area contributed by atoms with Crippen LogP contribution >= 0.6 is 0 Å². The number of nitrogens with zero attached hydrogens (tertiary/aromatic N) is 2. The Morgan fingerprint density at radius 1 is 1.22 bits per heavy atom. The van der Waals surface area contributed by atoms with Gasteiger partial charge in [-0.2, -0.15) is 0 Å². The number of rotatable bonds is 7. The minimum Gasteiger partial charge on any atom is -0.484 e. The van der Waals surface area contributed by atoms with Crippen LogP contribution in [0.1, 0.15) is 31.1 Å². The lowest BCUT2D eigenvalue weighted by Crippen LogP contribution is -2.50. The van der Waals surface area contributed by atoms with Crippen LogP contribution in [0.3, 0.4) is 0 Å². The third-order valence-electron chi connectivity index (χ3n) is 5.11. The van der Waals surface area contributed by atoms with E-state index in [4.69, 9.17) is 9.47 Å². The van der Waals surface area contributed by atoms with Gasteiger partial charge in [0.2, 0.25) is 0 Å². The Bertz CT molecular complexity index is 920. The van der Waals surface area contributed by atoms with E-state index in [-0.39, 0.29) is 30.5 Å². The Labute approximate surface area is 188 Å². The Morgan fingerprint density at radius 2 is 2.00 bits per heavy atom. The molecule has 1 fully saturated rings. The molecule has 0 spiro atoms. The van der Waals surface area contributed by atoms with Crippen molar-refractivity contribution in [1.29, 1.82) is 0 Å². The largest absolute Gasteiger partial charge is 0.484 e. The van der Waals surface area contributed by atoms with E-state index in [1.54, 1.807) is 19.2 Å². The summed E-state index contributed by atoms with van der Waals surface area (Å²) in [6.45, 7) is 6.33. The van der Waals surface area contributed by atoms with Gasteiger partial charge in [0, 0.05) is 26.7 Å². The summed E-state index contributed by atoms with van der Waals surface area (Å²) in [4.78, 5) is 18.2. The van der Waals surface area contributed by atoms with Gasteiger partial charge in [0.05, 0.1) is 12.6 Å². The van der Waals surface area contributed by atoms with Crippen LogP contribution in [0.4, 0.5) is 4.39 Å². The molecule has 0 aromatic heterocycles. The standard InChI is InChI=1S/C24H31FN4O3/c1-4-27-23(30)16-31-21-7-5-6-18(12-21)13-28-24(26-3)29-14-17(2)32-22(15-29)19-8-10-20(25)11-9-19/h5-12,17,22H,4,13-16H2,1-3H3,(H,26,28)(H,27,30). The number of halogens is 1. The topological polar surface area (TPSA) is 75.2 Å². The lowest BCUT2D eigenvalue weighted by atomic mass is 10.1. The monoisotopic (exact) mass is 442 g/mol. The van der Waals surface area contributed by atoms with Crippen molar-refractivity contribution in [3.8, 4) is 5.75 Å². The molecule has 172 valence electrons. The number of nitrogens with one attached hydrogen (secondary N) is 2. The Balaban J connectivity index is 1.59. The molecule has 2 aromatic rings. The number of ether oxygens (including phenoxy) is 2. The van der Waals surface area contributed by atoms with E-state index < -0.39 is 0 Å². The minimum absolute atomic E-state index is 0.00310. The summed E-state index contributed by atoms with van der Waals surface area (Å²) < 4.78 is 24.9. The van der Waals surface area contributed by atoms with Gasteiger partial charge in [-0.1, -0.05) is 24.3 Å². The number of amides is 1. The second-order valence-corrected chi connectivity index (χ2v) is 7.68. The molecule has 2 aromatic carbocycles. The zero-order valence-corrected chi connectivity index (χ0v) is 18.8. The first-order valence-corrected chi connectivity index (χ1v) is 10.8. The number of carbonyl (C=O) groups is 1. The molecule has 1 saturated heterocycles. The van der Waals surface area contributed by atoms with Crippen molar-refractivity contribution in [2.45, 2.75) is 32.6 Å². The van der Waals surface area contributed by atoms with E-state index >= 15 is 0 Å². The lowest BCUT2D eigenvalue weighted by molar-refractivity contribution is -0.122. The van der Waals surface area contributed by atoms with Gasteiger partial charge in [0.1, 0.15) is 17.7 Å². The predicted molar refractivity (Wildman–Crippen MR) is 122 cm³/mol. The third-order valence-corrected chi connectivity index (χ3v) is 5.11. The molecule has 1 aliphatic heterocycles. The first kappa shape index (κ1) is 23.5. The first-order chi connectivity index (χ1) is 15.5. The van der Waals surface area contributed by atoms with Crippen LogP contribution in [-0.4, -0.2) is 56.2 Å². The van der Waals surface area contributed by atoms with E-state index in [0.29, 0.717) is 31.9 Å². The summed E-state index contributed by atoms with van der Waals surface area (Å²) in [5.41, 5.74) is 1.95. The van der Waals surface area contributed by atoms with Crippen LogP contribution in [0, 0.1) is 5.82 Å². The predicted octanol–water partition coefficient (Wildman–Crippen LogP) is 2.88. The third kappa shape index (κ3) is 6.68. The number of carbonyl (C=O) groups excluding carboxylic acids is 1. The fourth-order valence-corrected chi connectivity index (χ4v) is 3.64. The zero-order chi connectivity index (χ0) is 22.9. The molecule has 1 heterocycles. The second-order valence-electron chi connectivity index (χ2n) is 7.68. The molecule has 8 heteroatoms. The van der Waals surface area contributed by atoms with Crippen molar-refractivity contribution < 1.29 is 18.7 Å². The van der Waals surface area contributed by atoms with E-state index in [2.05, 4.69) is 20.5 Å². The fraction of sp³-hybridized carbons (Fsp3) is 0.417. The van der Waals surface area contributed by atoms with Gasteiger partial charge in [-0.05, 0) is 49.2 Å². The summed E-state index contributed by atoms with van der Waals surface area (Å²) in [5, 5.41) is 6.10. The molecule has 7 nitrogen and oxygen atoms in total. The minimum atomic E-state index is -0.260. The maximum atomic E-state index is 13.3. The average molecular weight is 443 g/mol. The van der Waals surface area contributed by atoms with Gasteiger partial charge in [-0.15, -0.1) is 0 Å². The summed E-state index contributed by atoms with van der Waals surface area (Å²) >= 11 is 0. The highest BCUT2D eigenvalue weighted by molar-refractivity contribution is 5.80. The van der Waals surface area contributed by atoms with Crippen LogP contribution in [0.2, 0.25) is 0 Å². The Morgan fingerprint density at radius 3 is 2.72 bits per heavy atom. The zero-order valence-electron chi connectivity index (χ0n) is 18.8. The number of benzene rings is 2. The summed E-state index contributed by atoms with van der Waals surface area (Å²) in [6.07, 6.45) is -0.160. The van der Waals surface area contributed by atoms with E-state index in [1.807, 2.05) is 38.1 Å². The molecule has 32 heavy (non-hydrogen) atoms. The Hall–Kier alpha value is -3.13. The summed E-state index contributed by atoms with van der Waals surface area (Å²) in [7, 11) is 1.75. The van der Waals surface area contributed by atoms with Crippen LogP contribution in [0.5, 0.6) is 5.75 Å². The molecule has 0 saturated carbocycles. The lowest BCUT2D eigenvalue weighted by Gasteiger charge is -2.38. The summed E-state index contributed by atoms with van der Waals surface area (Å²) in [5.74, 6) is 1.00. The summed E-state index contributed by atoms with van der Waals surface area (Å²) in [6, 6.07) is 14.1. The van der Waals surface area contributed by atoms with Gasteiger partial charge >= 0.3 is 0 Å². The van der Waals surface area contributed by atoms with Crippen LogP contribution in [0.25, 0.3) is 0 Å². The van der Waals surface area contributed by atoms with Crippen molar-refractivity contribution in [2.75, 3.05) is 33.3 Å². The fourth-order valence-electron chi connectivity index (χ4n) is 3.64. The van der Waals surface area contributed by atoms with E-state index in [1.165, 1.54) is 12.1 Å². The number of morpholine rings is 1. The van der Waals surface area contributed by atoms with Crippen molar-refractivity contribution in [3.05, 3.63) is 65.5 Å². The molecule has 1 amide bonds. The van der Waals surface area contributed by atoms with E-state index in [9.17, 15) is 9.18 Å². The highest BCUT2D eigenvalue weighted by Gasteiger charge is 2.28. The molecule has 0 bridgehead atoms. The molecule has 0 radical (unpaired) electrons. The van der Waals surface area contributed by atoms with Gasteiger partial charge in [0.15, 0.2) is 12.6 Å². The molecule has 3 rings (SSSR count). The van der Waals surface area contributed by atoms with Crippen LogP contribution < -0.4 is 15.4 Å². The first-order valence-electron chi connectivity index (χ1n) is 10.8. The number of likely N-dealkylation sites (N-methyl/N-ethyl adjacent to an activating group) is 1. The Kier molecular flexibility index (Phi) is 8.44. The van der Waals surface area contributed by atoms with Crippen molar-refractivity contribution in [2.24, 2.45) is 4.99 Å². The number of hydrogen-bond acceptors (Lipinski definition) is 4. The van der Waals surface area contributed by atoms with Gasteiger partial charge in [-0.25, -0.2) is 4.39 Å². The van der Waals surface area contributed by atoms with Crippen LogP contribution in [-0.2, 0) is 16.1 Å². The van der Waals surface area contributed by atoms with Gasteiger partial charge in [-0.3, -0.25) is 9.79 Å². The number of guanidine groups is 1. The quantitative estimate of drug-likeness (QED) is 0.510. The van der Waals surface area contributed by atoms with Crippen molar-refractivity contribution >= 4 is 11.9 Å². The average Bonchev–Trinajstić information content (AvgIpc) is 2.79. The highest BCUT2D eigenvalue weighted by atomic mass is 19.1. The molecule has 2 unspecified atom stereocenters. The molecule has 0 aliphatic carbocycles. The number of aliphatic imine (C=N–C) groups is 1. The molecular formula is C24H31FN4O3. The molecular weight excluding hydrogens is 411 g/mol. The highest BCUT2D eigenvalue weighted by Crippen LogP contribution is 2.25. The van der Waals surface area contributed by atoms with Gasteiger partial charge < -0.3 is 25.0 Å². The normalized spacial score (nSPS) is 18.9. The van der Waals surface area contributed by atoms with E-state index in [0.717, 1.165) is 17.1 Å². The maximum Gasteiger partial charge on any atom is 0.257 e. The SMILES string of the molecule is CCNC(=O)COc1cccc(CNC(=NC)N2CC(C)OC(c3ccc(F)cc3)C2)c1. The molecule has 2 N–H and O–H groups in total. The molecule has 2 atom stereocenters. The molecule has 1 aliphatic rings. The number of hydrogen-bond donors (Lipinski definition) is 2. The smallest absolute Gasteiger partial charge is 0.257 e. The van der Waals surface area contributed by atoms with Crippen molar-refractivity contribution in [3.63, 3.8) is 0 Å². The second kappa shape index (κ2) is 11.5. The van der Waals surface area contributed by atoms with Gasteiger partial charge in [0.25, 0.3) is 5.91 Å². The van der Waals surface area contributed by atoms with Crippen LogP contribution in [0.15, 0.2) is 53.5 Å². The maximum absolute atomic E-state index is 13.3.